The lowest BCUT2D eigenvalue weighted by atomic mass is 10.0. The van der Waals surface area contributed by atoms with Crippen molar-refractivity contribution in [2.45, 2.75) is 39.2 Å². The zero-order valence-electron chi connectivity index (χ0n) is 12.4. The number of rotatable bonds is 2. The number of nitrogens with zero attached hydrogens (tertiary/aromatic N) is 2. The van der Waals surface area contributed by atoms with Crippen molar-refractivity contribution in [2.75, 3.05) is 26.2 Å². The van der Waals surface area contributed by atoms with Crippen LogP contribution in [0, 0.1) is 0 Å². The number of carbonyl (C=O) groups is 1. The predicted octanol–water partition coefficient (Wildman–Crippen LogP) is 2.23. The van der Waals surface area contributed by atoms with Gasteiger partial charge in [-0.15, -0.1) is 0 Å². The second-order valence-electron chi connectivity index (χ2n) is 6.04. The Balaban J connectivity index is 1.66. The van der Waals surface area contributed by atoms with E-state index < -0.39 is 0 Å². The van der Waals surface area contributed by atoms with Crippen LogP contribution in [-0.2, 0) is 24.2 Å². The van der Waals surface area contributed by atoms with Crippen LogP contribution in [0.25, 0.3) is 0 Å². The van der Waals surface area contributed by atoms with Crippen LogP contribution in [0.2, 0.25) is 0 Å². The molecule has 1 aliphatic heterocycles. The maximum atomic E-state index is 11.5. The van der Waals surface area contributed by atoms with Gasteiger partial charge in [0.05, 0.1) is 0 Å². The summed E-state index contributed by atoms with van der Waals surface area (Å²) in [5.74, 6) is 0.215. The normalized spacial score (nSPS) is 19.8. The number of carbonyl (C=O) groups excluding carboxylic acids is 1. The topological polar surface area (TPSA) is 23.6 Å². The van der Waals surface area contributed by atoms with E-state index in [1.165, 1.54) is 24.8 Å². The fourth-order valence-electron chi connectivity index (χ4n) is 3.53. The van der Waals surface area contributed by atoms with E-state index in [0.29, 0.717) is 0 Å². The molecular weight excluding hydrogens is 248 g/mol. The van der Waals surface area contributed by atoms with Gasteiger partial charge in [0.15, 0.2) is 0 Å². The zero-order chi connectivity index (χ0) is 13.9. The van der Waals surface area contributed by atoms with E-state index in [2.05, 4.69) is 23.1 Å². The number of aryl methyl sites for hydroxylation is 1. The van der Waals surface area contributed by atoms with E-state index in [9.17, 15) is 4.79 Å². The van der Waals surface area contributed by atoms with E-state index in [0.717, 1.165) is 39.1 Å². The van der Waals surface area contributed by atoms with Gasteiger partial charge in [-0.1, -0.05) is 18.2 Å². The fraction of sp³-hybridized carbons (Fsp3) is 0.588. The van der Waals surface area contributed by atoms with Crippen molar-refractivity contribution in [3.63, 3.8) is 0 Å². The van der Waals surface area contributed by atoms with Crippen LogP contribution >= 0.6 is 0 Å². The number of amides is 1. The van der Waals surface area contributed by atoms with Crippen LogP contribution < -0.4 is 0 Å². The molecule has 0 unspecified atom stereocenters. The fourth-order valence-corrected chi connectivity index (χ4v) is 3.53. The second-order valence-corrected chi connectivity index (χ2v) is 6.04. The van der Waals surface area contributed by atoms with Crippen molar-refractivity contribution < 1.29 is 4.79 Å². The Hall–Kier alpha value is -1.35. The summed E-state index contributed by atoms with van der Waals surface area (Å²) < 4.78 is 0. The largest absolute Gasteiger partial charge is 0.342 e. The SMILES string of the molecule is CC(=O)N1CCCN(Cc2cccc3c2CCC3)CC1. The molecule has 0 aromatic heterocycles. The molecule has 0 spiro atoms. The van der Waals surface area contributed by atoms with Crippen molar-refractivity contribution in [3.8, 4) is 0 Å². The summed E-state index contributed by atoms with van der Waals surface area (Å²) in [5.41, 5.74) is 4.67. The maximum Gasteiger partial charge on any atom is 0.219 e. The zero-order valence-corrected chi connectivity index (χ0v) is 12.4. The molecule has 20 heavy (non-hydrogen) atoms. The van der Waals surface area contributed by atoms with Crippen molar-refractivity contribution in [3.05, 3.63) is 34.9 Å². The standard InChI is InChI=1S/C17H24N2O/c1-14(20)19-10-4-9-18(11-12-19)13-16-7-2-5-15-6-3-8-17(15)16/h2,5,7H,3-4,6,8-13H2,1H3. The van der Waals surface area contributed by atoms with Crippen molar-refractivity contribution in [1.29, 1.82) is 0 Å². The molecule has 0 N–H and O–H groups in total. The van der Waals surface area contributed by atoms with Gasteiger partial charge in [-0.2, -0.15) is 0 Å². The lowest BCUT2D eigenvalue weighted by Gasteiger charge is -2.22. The van der Waals surface area contributed by atoms with E-state index in [1.54, 1.807) is 18.1 Å². The summed E-state index contributed by atoms with van der Waals surface area (Å²) >= 11 is 0. The first-order valence-corrected chi connectivity index (χ1v) is 7.81. The van der Waals surface area contributed by atoms with Crippen LogP contribution in [0.3, 0.4) is 0 Å². The van der Waals surface area contributed by atoms with Gasteiger partial charge in [-0.05, 0) is 42.4 Å². The highest BCUT2D eigenvalue weighted by Gasteiger charge is 2.19. The molecule has 1 fully saturated rings. The van der Waals surface area contributed by atoms with Crippen molar-refractivity contribution >= 4 is 5.91 Å². The molecule has 1 saturated heterocycles. The average Bonchev–Trinajstić information content (AvgIpc) is 2.79. The van der Waals surface area contributed by atoms with Crippen LogP contribution in [0.15, 0.2) is 18.2 Å². The molecule has 0 radical (unpaired) electrons. The molecule has 0 bridgehead atoms. The molecule has 3 nitrogen and oxygen atoms in total. The van der Waals surface area contributed by atoms with Gasteiger partial charge in [0.1, 0.15) is 0 Å². The highest BCUT2D eigenvalue weighted by molar-refractivity contribution is 5.73. The molecule has 108 valence electrons. The van der Waals surface area contributed by atoms with E-state index in [4.69, 9.17) is 0 Å². The molecular formula is C17H24N2O. The summed E-state index contributed by atoms with van der Waals surface area (Å²) in [4.78, 5) is 16.0. The quantitative estimate of drug-likeness (QED) is 0.824. The Labute approximate surface area is 121 Å². The minimum absolute atomic E-state index is 0.215. The molecule has 0 saturated carbocycles. The van der Waals surface area contributed by atoms with E-state index in [1.807, 2.05) is 4.90 Å². The minimum atomic E-state index is 0.215. The Morgan fingerprint density at radius 1 is 1.10 bits per heavy atom. The van der Waals surface area contributed by atoms with Gasteiger partial charge in [-0.3, -0.25) is 9.69 Å². The summed E-state index contributed by atoms with van der Waals surface area (Å²) in [5, 5.41) is 0. The summed E-state index contributed by atoms with van der Waals surface area (Å²) in [6.45, 7) is 6.63. The molecule has 0 atom stereocenters. The number of fused-ring (bicyclic) bond motifs is 1. The first-order chi connectivity index (χ1) is 9.74. The second kappa shape index (κ2) is 5.96. The summed E-state index contributed by atoms with van der Waals surface area (Å²) in [6, 6.07) is 6.78. The van der Waals surface area contributed by atoms with Gasteiger partial charge in [-0.25, -0.2) is 0 Å². The Kier molecular flexibility index (Phi) is 4.06. The lowest BCUT2D eigenvalue weighted by molar-refractivity contribution is -0.128. The highest BCUT2D eigenvalue weighted by Crippen LogP contribution is 2.26. The van der Waals surface area contributed by atoms with E-state index in [-0.39, 0.29) is 5.91 Å². The molecule has 3 heteroatoms. The Bertz CT molecular complexity index is 498. The van der Waals surface area contributed by atoms with Gasteiger partial charge >= 0.3 is 0 Å². The van der Waals surface area contributed by atoms with Crippen molar-refractivity contribution in [1.82, 2.24) is 9.80 Å². The van der Waals surface area contributed by atoms with Crippen LogP contribution in [-0.4, -0.2) is 41.9 Å². The number of hydrogen-bond acceptors (Lipinski definition) is 2. The predicted molar refractivity (Wildman–Crippen MR) is 80.6 cm³/mol. The van der Waals surface area contributed by atoms with Crippen molar-refractivity contribution in [2.24, 2.45) is 0 Å². The van der Waals surface area contributed by atoms with Crippen LogP contribution in [0.5, 0.6) is 0 Å². The smallest absolute Gasteiger partial charge is 0.219 e. The molecule has 1 aromatic rings. The summed E-state index contributed by atoms with van der Waals surface area (Å²) in [7, 11) is 0. The minimum Gasteiger partial charge on any atom is -0.342 e. The summed E-state index contributed by atoms with van der Waals surface area (Å²) in [6.07, 6.45) is 4.90. The third-order valence-corrected chi connectivity index (χ3v) is 4.67. The first kappa shape index (κ1) is 13.6. The molecule has 1 amide bonds. The Morgan fingerprint density at radius 3 is 2.85 bits per heavy atom. The third kappa shape index (κ3) is 2.88. The van der Waals surface area contributed by atoms with Gasteiger partial charge in [0, 0.05) is 39.6 Å². The lowest BCUT2D eigenvalue weighted by Crippen LogP contribution is -2.33. The van der Waals surface area contributed by atoms with Gasteiger partial charge in [0.2, 0.25) is 5.91 Å². The molecule has 1 aliphatic carbocycles. The number of benzene rings is 1. The van der Waals surface area contributed by atoms with Gasteiger partial charge in [0.25, 0.3) is 0 Å². The molecule has 1 heterocycles. The maximum absolute atomic E-state index is 11.5. The van der Waals surface area contributed by atoms with E-state index >= 15 is 0 Å². The number of hydrogen-bond donors (Lipinski definition) is 0. The Morgan fingerprint density at radius 2 is 2.00 bits per heavy atom. The van der Waals surface area contributed by atoms with Crippen LogP contribution in [0.1, 0.15) is 36.5 Å². The van der Waals surface area contributed by atoms with Gasteiger partial charge < -0.3 is 4.90 Å². The average molecular weight is 272 g/mol. The monoisotopic (exact) mass is 272 g/mol. The molecule has 1 aromatic carbocycles. The molecule has 2 aliphatic rings. The first-order valence-electron chi connectivity index (χ1n) is 7.81. The highest BCUT2D eigenvalue weighted by atomic mass is 16.2. The third-order valence-electron chi connectivity index (χ3n) is 4.67. The van der Waals surface area contributed by atoms with Crippen LogP contribution in [0.4, 0.5) is 0 Å². The molecule has 3 rings (SSSR count).